The quantitative estimate of drug-likeness (QED) is 0.0482. The molecule has 1 spiro atoms. The first kappa shape index (κ1) is 43.5. The van der Waals surface area contributed by atoms with E-state index in [0.29, 0.717) is 18.4 Å². The lowest BCUT2D eigenvalue weighted by atomic mass is 9.85. The van der Waals surface area contributed by atoms with E-state index in [1.807, 2.05) is 35.2 Å². The molecule has 61 heavy (non-hydrogen) atoms. The second-order valence-corrected chi connectivity index (χ2v) is 15.0. The van der Waals surface area contributed by atoms with Gasteiger partial charge in [0.25, 0.3) is 5.56 Å². The number of hydrogen-bond acceptors (Lipinski definition) is 8. The summed E-state index contributed by atoms with van der Waals surface area (Å²) in [6.07, 6.45) is -8.38. The summed E-state index contributed by atoms with van der Waals surface area (Å²) in [6.45, 7) is -0.348. The van der Waals surface area contributed by atoms with Gasteiger partial charge in [0, 0.05) is 25.2 Å². The lowest BCUT2D eigenvalue weighted by Crippen LogP contribution is -2.50. The molecule has 0 saturated carbocycles. The van der Waals surface area contributed by atoms with Crippen molar-refractivity contribution in [3.05, 3.63) is 163 Å². The van der Waals surface area contributed by atoms with Crippen LogP contribution in [0.25, 0.3) is 0 Å². The number of aromatic nitrogens is 2. The number of nitrogens with one attached hydrogen (secondary N) is 1. The second-order valence-electron chi connectivity index (χ2n) is 15.0. The molecule has 1 N–H and O–H groups in total. The molecule has 0 radical (unpaired) electrons. The van der Waals surface area contributed by atoms with Gasteiger partial charge in [0.1, 0.15) is 23.8 Å². The van der Waals surface area contributed by atoms with Crippen molar-refractivity contribution < 1.29 is 49.5 Å². The van der Waals surface area contributed by atoms with Crippen molar-refractivity contribution in [1.29, 1.82) is 0 Å². The van der Waals surface area contributed by atoms with Crippen LogP contribution >= 0.6 is 0 Å². The Morgan fingerprint density at radius 2 is 1.56 bits per heavy atom. The molecule has 5 aromatic rings. The molecule has 1 amide bonds. The fourth-order valence-corrected chi connectivity index (χ4v) is 7.94. The van der Waals surface area contributed by atoms with Gasteiger partial charge in [0.05, 0.1) is 49.1 Å². The van der Waals surface area contributed by atoms with Crippen molar-refractivity contribution in [2.75, 3.05) is 26.2 Å². The van der Waals surface area contributed by atoms with E-state index >= 15 is 4.39 Å². The normalized spacial score (nSPS) is 15.9. The van der Waals surface area contributed by atoms with Crippen molar-refractivity contribution in [3.63, 3.8) is 0 Å². The molecule has 3 aromatic carbocycles. The Hall–Kier alpha value is -5.56. The maximum absolute atomic E-state index is 15.4. The molecule has 2 aliphatic rings. The average molecular weight is 858 g/mol. The number of rotatable bonds is 16. The van der Waals surface area contributed by atoms with Crippen LogP contribution in [0.15, 0.2) is 105 Å². The predicted molar refractivity (Wildman–Crippen MR) is 206 cm³/mol. The number of piperidine rings is 1. The Kier molecular flexibility index (Phi) is 13.0. The first-order chi connectivity index (χ1) is 29.2. The summed E-state index contributed by atoms with van der Waals surface area (Å²) in [7, 11) is 0. The third-order valence-corrected chi connectivity index (χ3v) is 11.1. The highest BCUT2D eigenvalue weighted by Crippen LogP contribution is 2.43. The van der Waals surface area contributed by atoms with Gasteiger partial charge in [0.15, 0.2) is 0 Å². The van der Waals surface area contributed by atoms with Gasteiger partial charge in [-0.15, -0.1) is 0 Å². The number of benzene rings is 3. The Bertz CT molecular complexity index is 2410. The Morgan fingerprint density at radius 1 is 0.852 bits per heavy atom. The summed E-state index contributed by atoms with van der Waals surface area (Å²) in [5.74, 6) is -2.25. The molecule has 1 atom stereocenters. The van der Waals surface area contributed by atoms with Crippen molar-refractivity contribution in [2.24, 2.45) is 0 Å². The van der Waals surface area contributed by atoms with Crippen LogP contribution in [0, 0.1) is 5.82 Å². The van der Waals surface area contributed by atoms with Gasteiger partial charge in [-0.05, 0) is 61.2 Å². The molecule has 4 heterocycles. The minimum atomic E-state index is -4.97. The number of hydrogen-bond donors (Lipinski definition) is 1. The van der Waals surface area contributed by atoms with Crippen molar-refractivity contribution in [2.45, 2.75) is 76.1 Å². The summed E-state index contributed by atoms with van der Waals surface area (Å²) < 4.78 is 111. The van der Waals surface area contributed by atoms with Crippen LogP contribution in [-0.2, 0) is 65.2 Å². The lowest BCUT2D eigenvalue weighted by Gasteiger charge is -2.38. The van der Waals surface area contributed by atoms with E-state index in [2.05, 4.69) is 5.32 Å². The SMILES string of the molecule is O=CN(CCCN[C@@H](Cn1c(=O)c2c(n(Cc3c(F)cccc3C(F)(F)F)c1=O)COC21CCN(Cc2ccc(C(F)(F)F)o2)CC1)c1ccccc1)OCc1ccccc1. The van der Waals surface area contributed by atoms with Crippen molar-refractivity contribution >= 4 is 6.41 Å². The highest BCUT2D eigenvalue weighted by Gasteiger charge is 2.47. The van der Waals surface area contributed by atoms with Crippen molar-refractivity contribution in [1.82, 2.24) is 24.4 Å². The first-order valence-corrected chi connectivity index (χ1v) is 19.6. The van der Waals surface area contributed by atoms with Crippen LogP contribution in [-0.4, -0.2) is 51.7 Å². The third-order valence-electron chi connectivity index (χ3n) is 11.1. The number of fused-ring (bicyclic) bond motifs is 2. The molecule has 7 rings (SSSR count). The number of carbonyl (C=O) groups is 1. The van der Waals surface area contributed by atoms with Crippen LogP contribution in [0.5, 0.6) is 0 Å². The van der Waals surface area contributed by atoms with E-state index in [0.717, 1.165) is 44.0 Å². The van der Waals surface area contributed by atoms with E-state index in [1.54, 1.807) is 30.3 Å². The zero-order valence-electron chi connectivity index (χ0n) is 32.7. The van der Waals surface area contributed by atoms with E-state index < -0.39 is 64.5 Å². The number of halogens is 7. The average Bonchev–Trinajstić information content (AvgIpc) is 3.87. The van der Waals surface area contributed by atoms with Crippen LogP contribution < -0.4 is 16.6 Å². The van der Waals surface area contributed by atoms with Gasteiger partial charge in [0.2, 0.25) is 12.2 Å². The maximum atomic E-state index is 15.4. The Labute approximate surface area is 344 Å². The lowest BCUT2D eigenvalue weighted by molar-refractivity contribution is -0.177. The summed E-state index contributed by atoms with van der Waals surface area (Å²) >= 11 is 0. The first-order valence-electron chi connectivity index (χ1n) is 19.6. The monoisotopic (exact) mass is 857 g/mol. The number of carbonyl (C=O) groups excluding carboxylic acids is 1. The maximum Gasteiger partial charge on any atom is 0.449 e. The molecule has 11 nitrogen and oxygen atoms in total. The van der Waals surface area contributed by atoms with Gasteiger partial charge in [-0.25, -0.2) is 14.2 Å². The van der Waals surface area contributed by atoms with Crippen LogP contribution in [0.3, 0.4) is 0 Å². The van der Waals surface area contributed by atoms with E-state index in [-0.39, 0.29) is 82.3 Å². The topological polar surface area (TPSA) is 111 Å². The molecule has 1 fully saturated rings. The summed E-state index contributed by atoms with van der Waals surface area (Å²) in [5, 5.41) is 4.51. The minimum absolute atomic E-state index is 0.0191. The number of nitrogens with zero attached hydrogens (tertiary/aromatic N) is 4. The summed E-state index contributed by atoms with van der Waals surface area (Å²) in [6, 6.07) is 22.0. The molecular formula is C43H42F7N5O6. The van der Waals surface area contributed by atoms with Gasteiger partial charge < -0.3 is 14.5 Å². The molecule has 324 valence electrons. The summed E-state index contributed by atoms with van der Waals surface area (Å²) in [5.41, 5.74) is -3.46. The van der Waals surface area contributed by atoms with Gasteiger partial charge >= 0.3 is 18.0 Å². The van der Waals surface area contributed by atoms with Gasteiger partial charge in [-0.2, -0.15) is 26.3 Å². The van der Waals surface area contributed by atoms with Gasteiger partial charge in [-0.1, -0.05) is 66.7 Å². The molecule has 2 aliphatic heterocycles. The molecule has 0 aliphatic carbocycles. The molecule has 2 aromatic heterocycles. The fourth-order valence-electron chi connectivity index (χ4n) is 7.94. The molecule has 0 unspecified atom stereocenters. The zero-order valence-corrected chi connectivity index (χ0v) is 32.7. The van der Waals surface area contributed by atoms with Crippen LogP contribution in [0.4, 0.5) is 30.7 Å². The highest BCUT2D eigenvalue weighted by molar-refractivity contribution is 5.45. The largest absolute Gasteiger partial charge is 0.455 e. The second kappa shape index (κ2) is 18.2. The van der Waals surface area contributed by atoms with Crippen LogP contribution in [0.2, 0.25) is 0 Å². The highest BCUT2D eigenvalue weighted by atomic mass is 19.4. The van der Waals surface area contributed by atoms with E-state index in [4.69, 9.17) is 14.0 Å². The molecule has 0 bridgehead atoms. The number of furan rings is 1. The number of likely N-dealkylation sites (tertiary alicyclic amines) is 1. The van der Waals surface area contributed by atoms with E-state index in [9.17, 15) is 40.7 Å². The molecule has 1 saturated heterocycles. The summed E-state index contributed by atoms with van der Waals surface area (Å²) in [4.78, 5) is 48.5. The number of alkyl halides is 6. The minimum Gasteiger partial charge on any atom is -0.455 e. The van der Waals surface area contributed by atoms with Crippen molar-refractivity contribution in [3.8, 4) is 0 Å². The van der Waals surface area contributed by atoms with Crippen LogP contribution in [0.1, 0.15) is 70.3 Å². The Balaban J connectivity index is 1.19. The molecule has 18 heteroatoms. The fraction of sp³-hybridized carbons (Fsp3) is 0.372. The third kappa shape index (κ3) is 9.82. The molecular weight excluding hydrogens is 815 g/mol. The predicted octanol–water partition coefficient (Wildman–Crippen LogP) is 7.16. The smallest absolute Gasteiger partial charge is 0.449 e. The number of amides is 1. The number of hydroxylamine groups is 2. The number of ether oxygens (including phenoxy) is 1. The zero-order chi connectivity index (χ0) is 43.4. The standard InChI is InChI=1S/C43H42F7N5O6/c44-34-14-7-13-33(42(45,46)47)32(34)24-54-36-27-59-41(17-21-52(22-18-41)23-31-15-16-37(61-31)43(48,49)50)38(36)39(57)55(40(54)58)25-35(30-11-5-2-6-12-30)51-19-8-20-53(28-56)60-26-29-9-3-1-4-10-29/h1-7,9-16,28,35,51H,8,17-27H2/t35-/m0/s1. The van der Waals surface area contributed by atoms with E-state index in [1.165, 1.54) is 6.07 Å². The Morgan fingerprint density at radius 3 is 2.21 bits per heavy atom. The van der Waals surface area contributed by atoms with Gasteiger partial charge in [-0.3, -0.25) is 28.5 Å².